The number of hydrogen-bond donors (Lipinski definition) is 3. The number of aryl methyl sites for hydroxylation is 1. The number of aromatic hydroxyl groups is 1. The summed E-state index contributed by atoms with van der Waals surface area (Å²) in [5, 5.41) is 31.0. The van der Waals surface area contributed by atoms with E-state index in [1.807, 2.05) is 24.3 Å². The Balaban J connectivity index is 1.97. The van der Waals surface area contributed by atoms with Crippen molar-refractivity contribution in [1.82, 2.24) is 4.98 Å². The molecule has 3 rings (SSSR count). The van der Waals surface area contributed by atoms with Gasteiger partial charge in [0.1, 0.15) is 17.3 Å². The van der Waals surface area contributed by atoms with E-state index in [0.29, 0.717) is 24.8 Å². The molecule has 1 aromatic carbocycles. The van der Waals surface area contributed by atoms with Gasteiger partial charge < -0.3 is 15.3 Å². The second kappa shape index (κ2) is 13.4. The zero-order valence-electron chi connectivity index (χ0n) is 23.7. The van der Waals surface area contributed by atoms with Gasteiger partial charge in [-0.3, -0.25) is 19.4 Å². The molecule has 1 aliphatic carbocycles. The van der Waals surface area contributed by atoms with Crippen molar-refractivity contribution in [1.29, 1.82) is 0 Å². The number of phenolic OH excluding ortho intramolecular Hbond substituents is 1. The van der Waals surface area contributed by atoms with Crippen molar-refractivity contribution in [3.8, 4) is 17.0 Å². The number of nitrogens with zero attached hydrogens (tertiary/aromatic N) is 1. The minimum absolute atomic E-state index is 0.0545. The minimum Gasteiger partial charge on any atom is -0.507 e. The van der Waals surface area contributed by atoms with Gasteiger partial charge in [0.25, 0.3) is 0 Å². The normalized spacial score (nSPS) is 17.0. The third-order valence-corrected chi connectivity index (χ3v) is 7.78. The van der Waals surface area contributed by atoms with E-state index >= 15 is 0 Å². The van der Waals surface area contributed by atoms with Crippen molar-refractivity contribution in [2.45, 2.75) is 79.1 Å². The van der Waals surface area contributed by atoms with Crippen LogP contribution in [0.15, 0.2) is 30.5 Å². The van der Waals surface area contributed by atoms with Gasteiger partial charge in [-0.2, -0.15) is 0 Å². The Morgan fingerprint density at radius 3 is 2.49 bits per heavy atom. The summed E-state index contributed by atoms with van der Waals surface area (Å²) in [6.45, 7) is 7.31. The predicted octanol–water partition coefficient (Wildman–Crippen LogP) is 5.11. The maximum atomic E-state index is 13.6. The molecule has 0 radical (unpaired) electrons. The SMILES string of the molecule is CC(=O)CC(=O)C(CO)C(CCO)CC1CC(=O)c2c(O)c(CCCC(C)(C)C)cc(-c3ccccn3)c2C1. The number of aromatic nitrogens is 1. The largest absolute Gasteiger partial charge is 0.507 e. The fourth-order valence-electron chi connectivity index (χ4n) is 5.89. The minimum atomic E-state index is -0.772. The lowest BCUT2D eigenvalue weighted by Gasteiger charge is -2.32. The lowest BCUT2D eigenvalue weighted by molar-refractivity contribution is -0.131. The van der Waals surface area contributed by atoms with Crippen LogP contribution in [0.25, 0.3) is 11.3 Å². The van der Waals surface area contributed by atoms with Crippen LogP contribution < -0.4 is 0 Å². The van der Waals surface area contributed by atoms with E-state index in [4.69, 9.17) is 0 Å². The number of ketones is 3. The van der Waals surface area contributed by atoms with Gasteiger partial charge in [0.15, 0.2) is 5.78 Å². The highest BCUT2D eigenvalue weighted by molar-refractivity contribution is 6.03. The second-order valence-electron chi connectivity index (χ2n) is 12.3. The lowest BCUT2D eigenvalue weighted by Crippen LogP contribution is -2.32. The molecule has 0 saturated carbocycles. The molecule has 0 aliphatic heterocycles. The summed E-state index contributed by atoms with van der Waals surface area (Å²) in [6, 6.07) is 7.59. The van der Waals surface area contributed by atoms with Crippen molar-refractivity contribution in [2.24, 2.45) is 23.2 Å². The molecule has 0 bridgehead atoms. The quantitative estimate of drug-likeness (QED) is 0.303. The Bertz CT molecular complexity index is 1170. The van der Waals surface area contributed by atoms with Gasteiger partial charge >= 0.3 is 0 Å². The monoisotopic (exact) mass is 537 g/mol. The number of carbonyl (C=O) groups excluding carboxylic acids is 3. The summed E-state index contributed by atoms with van der Waals surface area (Å²) < 4.78 is 0. The van der Waals surface area contributed by atoms with Crippen LogP contribution in [0, 0.1) is 23.2 Å². The van der Waals surface area contributed by atoms with E-state index in [0.717, 1.165) is 35.2 Å². The predicted molar refractivity (Wildman–Crippen MR) is 151 cm³/mol. The first-order valence-corrected chi connectivity index (χ1v) is 14.0. The van der Waals surface area contributed by atoms with E-state index in [9.17, 15) is 29.7 Å². The van der Waals surface area contributed by atoms with Gasteiger partial charge in [-0.25, -0.2) is 0 Å². The first kappa shape index (κ1) is 30.6. The summed E-state index contributed by atoms with van der Waals surface area (Å²) in [7, 11) is 0. The number of aliphatic hydroxyl groups is 2. The molecular formula is C32H43NO6. The summed E-state index contributed by atoms with van der Waals surface area (Å²) in [4.78, 5) is 42.3. The zero-order valence-corrected chi connectivity index (χ0v) is 23.7. The highest BCUT2D eigenvalue weighted by Crippen LogP contribution is 2.43. The van der Waals surface area contributed by atoms with Crippen LogP contribution in [0.5, 0.6) is 5.75 Å². The van der Waals surface area contributed by atoms with Crippen molar-refractivity contribution in [3.05, 3.63) is 47.2 Å². The first-order chi connectivity index (χ1) is 18.4. The highest BCUT2D eigenvalue weighted by atomic mass is 16.3. The number of aliphatic hydroxyl groups excluding tert-OH is 2. The topological polar surface area (TPSA) is 125 Å². The molecule has 3 N–H and O–H groups in total. The van der Waals surface area contributed by atoms with Crippen molar-refractivity contribution >= 4 is 17.3 Å². The molecule has 0 amide bonds. The van der Waals surface area contributed by atoms with Crippen LogP contribution in [0.2, 0.25) is 0 Å². The Kier molecular flexibility index (Phi) is 10.6. The molecule has 3 unspecified atom stereocenters. The number of phenols is 1. The van der Waals surface area contributed by atoms with Gasteiger partial charge in [0, 0.05) is 30.7 Å². The molecule has 39 heavy (non-hydrogen) atoms. The molecule has 1 aromatic heterocycles. The number of benzene rings is 1. The molecule has 2 aromatic rings. The van der Waals surface area contributed by atoms with Crippen molar-refractivity contribution in [3.63, 3.8) is 0 Å². The first-order valence-electron chi connectivity index (χ1n) is 14.0. The fourth-order valence-corrected chi connectivity index (χ4v) is 5.89. The lowest BCUT2D eigenvalue weighted by atomic mass is 9.72. The molecule has 7 heteroatoms. The molecule has 3 atom stereocenters. The van der Waals surface area contributed by atoms with Gasteiger partial charge in [0.05, 0.1) is 24.3 Å². The highest BCUT2D eigenvalue weighted by Gasteiger charge is 2.36. The van der Waals surface area contributed by atoms with E-state index in [-0.39, 0.29) is 66.2 Å². The third kappa shape index (κ3) is 8.05. The number of rotatable bonds is 13. The smallest absolute Gasteiger partial charge is 0.167 e. The van der Waals surface area contributed by atoms with Gasteiger partial charge in [-0.15, -0.1) is 0 Å². The molecular weight excluding hydrogens is 494 g/mol. The molecule has 7 nitrogen and oxygen atoms in total. The van der Waals surface area contributed by atoms with Crippen LogP contribution in [0.3, 0.4) is 0 Å². The number of fused-ring (bicyclic) bond motifs is 1. The van der Waals surface area contributed by atoms with E-state index < -0.39 is 12.5 Å². The van der Waals surface area contributed by atoms with Gasteiger partial charge in [0.2, 0.25) is 0 Å². The van der Waals surface area contributed by atoms with Gasteiger partial charge in [-0.05, 0) is 92.0 Å². The molecule has 0 spiro atoms. The van der Waals surface area contributed by atoms with Crippen molar-refractivity contribution in [2.75, 3.05) is 13.2 Å². The average molecular weight is 538 g/mol. The summed E-state index contributed by atoms with van der Waals surface area (Å²) in [6.07, 6.45) is 5.41. The van der Waals surface area contributed by atoms with Crippen LogP contribution in [-0.2, 0) is 22.4 Å². The van der Waals surface area contributed by atoms with Crippen LogP contribution >= 0.6 is 0 Å². The third-order valence-electron chi connectivity index (χ3n) is 7.78. The Morgan fingerprint density at radius 2 is 1.90 bits per heavy atom. The maximum absolute atomic E-state index is 13.6. The standard InChI is InChI=1S/C32H43NO6/c1-20(36)14-28(37)26(19-35)22(10-13-34)15-21-16-25-24(27-9-5-6-12-33-27)18-23(8-7-11-32(2,3)4)31(39)30(25)29(38)17-21/h5-6,9,12,18,21-22,26,34-35,39H,7-8,10-11,13-17,19H2,1-4H3. The Hall–Kier alpha value is -2.90. The second-order valence-corrected chi connectivity index (χ2v) is 12.3. The van der Waals surface area contributed by atoms with E-state index in [2.05, 4.69) is 25.8 Å². The zero-order chi connectivity index (χ0) is 28.7. The van der Waals surface area contributed by atoms with E-state index in [1.165, 1.54) is 6.92 Å². The fraction of sp³-hybridized carbons (Fsp3) is 0.562. The van der Waals surface area contributed by atoms with Gasteiger partial charge in [-0.1, -0.05) is 26.8 Å². The number of hydrogen-bond acceptors (Lipinski definition) is 7. The summed E-state index contributed by atoms with van der Waals surface area (Å²) in [5.74, 6) is -1.98. The molecule has 0 fully saturated rings. The van der Waals surface area contributed by atoms with Crippen LogP contribution in [0.1, 0.15) is 87.7 Å². The summed E-state index contributed by atoms with van der Waals surface area (Å²) >= 11 is 0. The number of Topliss-reactive ketones (excluding diaryl/α,β-unsaturated/α-hetero) is 3. The summed E-state index contributed by atoms with van der Waals surface area (Å²) in [5.41, 5.74) is 3.60. The number of carbonyl (C=O) groups is 3. The van der Waals surface area contributed by atoms with Crippen LogP contribution in [-0.4, -0.2) is 50.9 Å². The van der Waals surface area contributed by atoms with Crippen molar-refractivity contribution < 1.29 is 29.7 Å². The molecule has 212 valence electrons. The molecule has 1 aliphatic rings. The Labute approximate surface area is 231 Å². The molecule has 0 saturated heterocycles. The number of pyridine rings is 1. The van der Waals surface area contributed by atoms with Crippen LogP contribution in [0.4, 0.5) is 0 Å². The maximum Gasteiger partial charge on any atom is 0.167 e. The van der Waals surface area contributed by atoms with E-state index in [1.54, 1.807) is 6.20 Å². The average Bonchev–Trinajstić information content (AvgIpc) is 2.85. The Morgan fingerprint density at radius 1 is 1.15 bits per heavy atom. The molecule has 1 heterocycles.